The zero-order valence-electron chi connectivity index (χ0n) is 17.8. The monoisotopic (exact) mass is 527 g/mol. The second kappa shape index (κ2) is 12.0. The number of hydrogen-bond donors (Lipinski definition) is 3. The minimum absolute atomic E-state index is 0.110. The summed E-state index contributed by atoms with van der Waals surface area (Å²) in [5, 5.41) is 8.46. The molecule has 0 spiro atoms. The fourth-order valence-electron chi connectivity index (χ4n) is 2.83. The number of para-hydroxylation sites is 1. The Bertz CT molecular complexity index is 1140. The van der Waals surface area contributed by atoms with Crippen LogP contribution in [0.15, 0.2) is 77.3 Å². The van der Waals surface area contributed by atoms with Gasteiger partial charge in [-0.3, -0.25) is 14.9 Å². The van der Waals surface area contributed by atoms with Gasteiger partial charge in [-0.15, -0.1) is 0 Å². The highest BCUT2D eigenvalue weighted by Gasteiger charge is 2.15. The maximum absolute atomic E-state index is 12.7. The van der Waals surface area contributed by atoms with Crippen molar-refractivity contribution >= 4 is 56.4 Å². The Morgan fingerprint density at radius 3 is 2.36 bits per heavy atom. The van der Waals surface area contributed by atoms with Crippen LogP contribution in [0.5, 0.6) is 11.5 Å². The number of halogens is 1. The lowest BCUT2D eigenvalue weighted by Gasteiger charge is -2.13. The van der Waals surface area contributed by atoms with Gasteiger partial charge in [0.2, 0.25) is 0 Å². The highest BCUT2D eigenvalue weighted by atomic mass is 79.9. The Morgan fingerprint density at radius 2 is 1.64 bits per heavy atom. The lowest BCUT2D eigenvalue weighted by atomic mass is 10.2. The van der Waals surface area contributed by atoms with Crippen molar-refractivity contribution in [2.45, 2.75) is 6.92 Å². The molecule has 0 radical (unpaired) electrons. The van der Waals surface area contributed by atoms with Crippen molar-refractivity contribution in [2.75, 3.05) is 23.8 Å². The molecular formula is C24H22BrN3O4S. The zero-order chi connectivity index (χ0) is 23.6. The third-order valence-corrected chi connectivity index (χ3v) is 4.93. The molecule has 0 aliphatic carbocycles. The molecule has 0 saturated carbocycles. The van der Waals surface area contributed by atoms with E-state index >= 15 is 0 Å². The van der Waals surface area contributed by atoms with Gasteiger partial charge in [-0.25, -0.2) is 0 Å². The summed E-state index contributed by atoms with van der Waals surface area (Å²) in [6.45, 7) is 2.15. The number of amides is 2. The van der Waals surface area contributed by atoms with E-state index in [1.165, 1.54) is 0 Å². The Kier molecular flexibility index (Phi) is 8.79. The van der Waals surface area contributed by atoms with Crippen LogP contribution in [-0.2, 0) is 4.79 Å². The molecule has 3 aromatic rings. The topological polar surface area (TPSA) is 88.7 Å². The van der Waals surface area contributed by atoms with E-state index in [2.05, 4.69) is 31.9 Å². The number of rotatable bonds is 8. The van der Waals surface area contributed by atoms with Gasteiger partial charge in [0.15, 0.2) is 11.7 Å². The van der Waals surface area contributed by atoms with Crippen LogP contribution in [0.25, 0.3) is 0 Å². The van der Waals surface area contributed by atoms with Crippen molar-refractivity contribution in [1.82, 2.24) is 5.32 Å². The first kappa shape index (κ1) is 24.2. The lowest BCUT2D eigenvalue weighted by molar-refractivity contribution is -0.118. The van der Waals surface area contributed by atoms with Crippen LogP contribution in [0.3, 0.4) is 0 Å². The third kappa shape index (κ3) is 7.58. The maximum atomic E-state index is 12.7. The molecule has 0 aromatic heterocycles. The van der Waals surface area contributed by atoms with Gasteiger partial charge >= 0.3 is 0 Å². The van der Waals surface area contributed by atoms with Gasteiger partial charge in [0.1, 0.15) is 11.5 Å². The molecular weight excluding hydrogens is 506 g/mol. The van der Waals surface area contributed by atoms with E-state index in [9.17, 15) is 9.59 Å². The molecule has 0 aliphatic heterocycles. The zero-order valence-corrected chi connectivity index (χ0v) is 20.2. The number of benzene rings is 3. The Hall–Kier alpha value is -3.43. The molecule has 3 rings (SSSR count). The van der Waals surface area contributed by atoms with Gasteiger partial charge in [-0.1, -0.05) is 40.2 Å². The smallest absolute Gasteiger partial charge is 0.262 e. The average molecular weight is 528 g/mol. The van der Waals surface area contributed by atoms with Crippen molar-refractivity contribution in [1.29, 1.82) is 0 Å². The minimum atomic E-state index is -0.403. The highest BCUT2D eigenvalue weighted by Crippen LogP contribution is 2.23. The van der Waals surface area contributed by atoms with Crippen LogP contribution >= 0.6 is 28.1 Å². The van der Waals surface area contributed by atoms with Crippen LogP contribution in [-0.4, -0.2) is 30.1 Å². The number of anilines is 2. The molecule has 0 heterocycles. The molecule has 0 unspecified atom stereocenters. The quantitative estimate of drug-likeness (QED) is 0.357. The van der Waals surface area contributed by atoms with Crippen LogP contribution in [0, 0.1) is 0 Å². The van der Waals surface area contributed by atoms with E-state index in [1.54, 1.807) is 54.6 Å². The number of carbonyl (C=O) groups excluding carboxylic acids is 2. The second-order valence-corrected chi connectivity index (χ2v) is 8.04. The van der Waals surface area contributed by atoms with E-state index in [0.717, 1.165) is 4.47 Å². The first-order valence-electron chi connectivity index (χ1n) is 10.1. The molecule has 0 saturated heterocycles. The summed E-state index contributed by atoms with van der Waals surface area (Å²) >= 11 is 8.64. The Labute approximate surface area is 205 Å². The van der Waals surface area contributed by atoms with Crippen LogP contribution in [0.1, 0.15) is 17.3 Å². The van der Waals surface area contributed by atoms with Gasteiger partial charge in [0, 0.05) is 15.8 Å². The number of carbonyl (C=O) groups is 2. The highest BCUT2D eigenvalue weighted by molar-refractivity contribution is 9.10. The fraction of sp³-hybridized carbons (Fsp3) is 0.125. The van der Waals surface area contributed by atoms with Gasteiger partial charge in [0.25, 0.3) is 11.8 Å². The van der Waals surface area contributed by atoms with Crippen molar-refractivity contribution < 1.29 is 19.1 Å². The fourth-order valence-corrected chi connectivity index (χ4v) is 3.40. The standard InChI is InChI=1S/C24H22BrN3O4S/c1-2-31-21-12-11-16(25)13-20(21)23(30)28-24(33)27-18-8-6-7-17(14-18)26-22(29)15-32-19-9-4-3-5-10-19/h3-14H,2,15H2,1H3,(H,26,29)(H2,27,28,30,33). The predicted molar refractivity (Wildman–Crippen MR) is 136 cm³/mol. The van der Waals surface area contributed by atoms with Crippen molar-refractivity contribution in [3.63, 3.8) is 0 Å². The summed E-state index contributed by atoms with van der Waals surface area (Å²) in [4.78, 5) is 24.9. The normalized spacial score (nSPS) is 10.1. The van der Waals surface area contributed by atoms with Crippen LogP contribution in [0.2, 0.25) is 0 Å². The summed E-state index contributed by atoms with van der Waals surface area (Å²) in [6, 6.07) is 21.2. The predicted octanol–water partition coefficient (Wildman–Crippen LogP) is 4.99. The summed E-state index contributed by atoms with van der Waals surface area (Å²) in [6.07, 6.45) is 0. The summed E-state index contributed by atoms with van der Waals surface area (Å²) < 4.78 is 11.7. The minimum Gasteiger partial charge on any atom is -0.493 e. The van der Waals surface area contributed by atoms with E-state index in [0.29, 0.717) is 35.0 Å². The first-order valence-corrected chi connectivity index (χ1v) is 11.3. The molecule has 3 aromatic carbocycles. The van der Waals surface area contributed by atoms with Gasteiger partial charge in [-0.2, -0.15) is 0 Å². The molecule has 3 N–H and O–H groups in total. The lowest BCUT2D eigenvalue weighted by Crippen LogP contribution is -2.34. The summed E-state index contributed by atoms with van der Waals surface area (Å²) in [5.41, 5.74) is 1.51. The van der Waals surface area contributed by atoms with Crippen molar-refractivity contribution in [3.8, 4) is 11.5 Å². The summed E-state index contributed by atoms with van der Waals surface area (Å²) in [7, 11) is 0. The molecule has 2 amide bonds. The molecule has 7 nitrogen and oxygen atoms in total. The Balaban J connectivity index is 1.56. The molecule has 0 atom stereocenters. The number of nitrogens with one attached hydrogen (secondary N) is 3. The third-order valence-electron chi connectivity index (χ3n) is 4.23. The van der Waals surface area contributed by atoms with Crippen molar-refractivity contribution in [2.24, 2.45) is 0 Å². The Morgan fingerprint density at radius 1 is 0.909 bits per heavy atom. The van der Waals surface area contributed by atoms with E-state index in [1.807, 2.05) is 25.1 Å². The van der Waals surface area contributed by atoms with Gasteiger partial charge < -0.3 is 20.1 Å². The largest absolute Gasteiger partial charge is 0.493 e. The van der Waals surface area contributed by atoms with Gasteiger partial charge in [0.05, 0.1) is 12.2 Å². The molecule has 0 fully saturated rings. The van der Waals surface area contributed by atoms with Crippen LogP contribution in [0.4, 0.5) is 11.4 Å². The number of hydrogen-bond acceptors (Lipinski definition) is 5. The molecule has 170 valence electrons. The van der Waals surface area contributed by atoms with E-state index in [-0.39, 0.29) is 17.6 Å². The number of ether oxygens (including phenoxy) is 2. The van der Waals surface area contributed by atoms with E-state index < -0.39 is 5.91 Å². The van der Waals surface area contributed by atoms with E-state index in [4.69, 9.17) is 21.7 Å². The second-order valence-electron chi connectivity index (χ2n) is 6.71. The maximum Gasteiger partial charge on any atom is 0.262 e. The van der Waals surface area contributed by atoms with Gasteiger partial charge in [-0.05, 0) is 67.7 Å². The molecule has 9 heteroatoms. The molecule has 0 bridgehead atoms. The summed E-state index contributed by atoms with van der Waals surface area (Å²) in [5.74, 6) is 0.371. The molecule has 33 heavy (non-hydrogen) atoms. The average Bonchev–Trinajstić information content (AvgIpc) is 2.80. The first-order chi connectivity index (χ1) is 15.9. The van der Waals surface area contributed by atoms with Crippen LogP contribution < -0.4 is 25.4 Å². The molecule has 0 aliphatic rings. The SMILES string of the molecule is CCOc1ccc(Br)cc1C(=O)NC(=S)Nc1cccc(NC(=O)COc2ccccc2)c1. The van der Waals surface area contributed by atoms with Crippen molar-refractivity contribution in [3.05, 3.63) is 82.8 Å². The number of thiocarbonyl (C=S) groups is 1.